The van der Waals surface area contributed by atoms with Crippen LogP contribution >= 0.6 is 11.8 Å². The lowest BCUT2D eigenvalue weighted by molar-refractivity contribution is 0.617. The Hall–Kier alpha value is -0.900. The molecule has 0 aliphatic heterocycles. The molecule has 4 heteroatoms. The number of nitrogens with two attached hydrogens (primary N) is 1. The maximum Gasteiger partial charge on any atom is 0.128 e. The average molecular weight is 256 g/mol. The van der Waals surface area contributed by atoms with E-state index in [1.165, 1.54) is 6.07 Å². The molecule has 0 bridgehead atoms. The molecule has 0 saturated carbocycles. The summed E-state index contributed by atoms with van der Waals surface area (Å²) in [5, 5.41) is 0. The van der Waals surface area contributed by atoms with E-state index in [1.54, 1.807) is 6.92 Å². The molecule has 0 heterocycles. The fraction of sp³-hybridized carbons (Fsp3) is 0.538. The standard InChI is InChI=1S/C13H21FN2S/c1-5-10(8-17-4)16(3)13-6-9(2)11(14)7-12(13)15/h6-7,10H,5,8,15H2,1-4H3. The van der Waals surface area contributed by atoms with Gasteiger partial charge in [0.1, 0.15) is 5.82 Å². The van der Waals surface area contributed by atoms with E-state index in [9.17, 15) is 4.39 Å². The SMILES string of the molecule is CCC(CSC)N(C)c1cc(C)c(F)cc1N. The number of thioether (sulfide) groups is 1. The summed E-state index contributed by atoms with van der Waals surface area (Å²) >= 11 is 1.81. The van der Waals surface area contributed by atoms with Gasteiger partial charge in [-0.3, -0.25) is 0 Å². The molecule has 0 amide bonds. The molecule has 96 valence electrons. The van der Waals surface area contributed by atoms with Gasteiger partial charge in [-0.2, -0.15) is 11.8 Å². The summed E-state index contributed by atoms with van der Waals surface area (Å²) in [4.78, 5) is 2.15. The normalized spacial score (nSPS) is 12.5. The lowest BCUT2D eigenvalue weighted by Gasteiger charge is -2.30. The topological polar surface area (TPSA) is 29.3 Å². The number of halogens is 1. The Labute approximate surface area is 107 Å². The maximum atomic E-state index is 13.4. The lowest BCUT2D eigenvalue weighted by Crippen LogP contribution is -2.33. The van der Waals surface area contributed by atoms with Crippen LogP contribution in [0, 0.1) is 12.7 Å². The van der Waals surface area contributed by atoms with Crippen LogP contribution < -0.4 is 10.6 Å². The molecule has 1 unspecified atom stereocenters. The van der Waals surface area contributed by atoms with Gasteiger partial charge in [0.05, 0.1) is 11.4 Å². The number of hydrogen-bond donors (Lipinski definition) is 1. The van der Waals surface area contributed by atoms with Crippen LogP contribution in [-0.4, -0.2) is 25.1 Å². The van der Waals surface area contributed by atoms with Crippen molar-refractivity contribution in [3.63, 3.8) is 0 Å². The van der Waals surface area contributed by atoms with Gasteiger partial charge in [0, 0.05) is 18.8 Å². The van der Waals surface area contributed by atoms with Crippen LogP contribution in [-0.2, 0) is 0 Å². The van der Waals surface area contributed by atoms with E-state index in [0.717, 1.165) is 17.9 Å². The van der Waals surface area contributed by atoms with E-state index >= 15 is 0 Å². The summed E-state index contributed by atoms with van der Waals surface area (Å²) in [5.74, 6) is 0.806. The Bertz CT molecular complexity index is 382. The van der Waals surface area contributed by atoms with Gasteiger partial charge in [0.2, 0.25) is 0 Å². The third-order valence-electron chi connectivity index (χ3n) is 3.07. The molecular formula is C13H21FN2S. The van der Waals surface area contributed by atoms with E-state index < -0.39 is 0 Å². The van der Waals surface area contributed by atoms with Crippen molar-refractivity contribution < 1.29 is 4.39 Å². The van der Waals surface area contributed by atoms with Crippen molar-refractivity contribution in [2.24, 2.45) is 0 Å². The first-order valence-corrected chi connectivity index (χ1v) is 7.18. The van der Waals surface area contributed by atoms with Gasteiger partial charge in [-0.1, -0.05) is 6.92 Å². The highest BCUT2D eigenvalue weighted by atomic mass is 32.2. The lowest BCUT2D eigenvalue weighted by atomic mass is 10.1. The number of rotatable bonds is 5. The van der Waals surface area contributed by atoms with Crippen LogP contribution in [0.5, 0.6) is 0 Å². The maximum absolute atomic E-state index is 13.4. The summed E-state index contributed by atoms with van der Waals surface area (Å²) in [7, 11) is 2.02. The fourth-order valence-electron chi connectivity index (χ4n) is 1.88. The molecule has 0 aliphatic rings. The molecule has 17 heavy (non-hydrogen) atoms. The van der Waals surface area contributed by atoms with Crippen LogP contribution in [0.25, 0.3) is 0 Å². The van der Waals surface area contributed by atoms with Crippen LogP contribution in [0.15, 0.2) is 12.1 Å². The number of hydrogen-bond acceptors (Lipinski definition) is 3. The third kappa shape index (κ3) is 3.28. The minimum Gasteiger partial charge on any atom is -0.397 e. The minimum absolute atomic E-state index is 0.238. The Morgan fingerprint density at radius 1 is 1.47 bits per heavy atom. The van der Waals surface area contributed by atoms with Crippen molar-refractivity contribution >= 4 is 23.1 Å². The quantitative estimate of drug-likeness (QED) is 0.820. The van der Waals surface area contributed by atoms with Crippen molar-refractivity contribution in [2.45, 2.75) is 26.3 Å². The molecule has 0 saturated heterocycles. The predicted molar refractivity (Wildman–Crippen MR) is 76.4 cm³/mol. The molecule has 2 N–H and O–H groups in total. The van der Waals surface area contributed by atoms with E-state index in [2.05, 4.69) is 18.1 Å². The van der Waals surface area contributed by atoms with Crippen molar-refractivity contribution in [3.05, 3.63) is 23.5 Å². The summed E-state index contributed by atoms with van der Waals surface area (Å²) in [6, 6.07) is 3.66. The number of nitrogen functional groups attached to an aromatic ring is 1. The zero-order valence-electron chi connectivity index (χ0n) is 11.0. The van der Waals surface area contributed by atoms with Crippen LogP contribution in [0.2, 0.25) is 0 Å². The number of anilines is 2. The summed E-state index contributed by atoms with van der Waals surface area (Å²) in [6.45, 7) is 3.92. The highest BCUT2D eigenvalue weighted by Gasteiger charge is 2.16. The molecular weight excluding hydrogens is 235 g/mol. The molecule has 1 aromatic rings. The van der Waals surface area contributed by atoms with Crippen LogP contribution in [0.4, 0.5) is 15.8 Å². The molecule has 0 aliphatic carbocycles. The molecule has 1 atom stereocenters. The Kier molecular flexibility index (Phi) is 5.12. The van der Waals surface area contributed by atoms with E-state index in [-0.39, 0.29) is 5.82 Å². The highest BCUT2D eigenvalue weighted by molar-refractivity contribution is 7.98. The first-order valence-electron chi connectivity index (χ1n) is 5.78. The zero-order chi connectivity index (χ0) is 13.0. The van der Waals surface area contributed by atoms with Gasteiger partial charge in [-0.15, -0.1) is 0 Å². The second-order valence-electron chi connectivity index (χ2n) is 4.29. The molecule has 2 nitrogen and oxygen atoms in total. The Morgan fingerprint density at radius 2 is 2.12 bits per heavy atom. The Balaban J connectivity index is 3.02. The molecule has 0 aromatic heterocycles. The summed E-state index contributed by atoms with van der Waals surface area (Å²) in [6.07, 6.45) is 3.14. The predicted octanol–water partition coefficient (Wildman–Crippen LogP) is 3.29. The molecule has 0 fully saturated rings. The van der Waals surface area contributed by atoms with Crippen LogP contribution in [0.3, 0.4) is 0 Å². The van der Waals surface area contributed by atoms with Gasteiger partial charge >= 0.3 is 0 Å². The smallest absolute Gasteiger partial charge is 0.128 e. The van der Waals surface area contributed by atoms with Crippen LogP contribution in [0.1, 0.15) is 18.9 Å². The molecule has 1 rings (SSSR count). The number of aryl methyl sites for hydroxylation is 1. The van der Waals surface area contributed by atoms with E-state index in [4.69, 9.17) is 5.73 Å². The van der Waals surface area contributed by atoms with Gasteiger partial charge < -0.3 is 10.6 Å². The van der Waals surface area contributed by atoms with Crippen molar-refractivity contribution in [1.82, 2.24) is 0 Å². The fourth-order valence-corrected chi connectivity index (χ4v) is 2.72. The average Bonchev–Trinajstić information content (AvgIpc) is 2.30. The minimum atomic E-state index is -0.238. The van der Waals surface area contributed by atoms with Gasteiger partial charge in [-0.25, -0.2) is 4.39 Å². The highest BCUT2D eigenvalue weighted by Crippen LogP contribution is 2.28. The second-order valence-corrected chi connectivity index (χ2v) is 5.20. The molecule has 0 spiro atoms. The summed E-state index contributed by atoms with van der Waals surface area (Å²) in [5.41, 5.74) is 7.96. The molecule has 1 aromatic carbocycles. The summed E-state index contributed by atoms with van der Waals surface area (Å²) < 4.78 is 13.4. The first-order chi connectivity index (χ1) is 8.01. The van der Waals surface area contributed by atoms with E-state index in [1.807, 2.05) is 24.9 Å². The molecule has 0 radical (unpaired) electrons. The van der Waals surface area contributed by atoms with Gasteiger partial charge in [0.15, 0.2) is 0 Å². The van der Waals surface area contributed by atoms with Crippen molar-refractivity contribution in [1.29, 1.82) is 0 Å². The third-order valence-corrected chi connectivity index (χ3v) is 3.78. The number of benzene rings is 1. The monoisotopic (exact) mass is 256 g/mol. The Morgan fingerprint density at radius 3 is 2.65 bits per heavy atom. The van der Waals surface area contributed by atoms with Gasteiger partial charge in [0.25, 0.3) is 0 Å². The largest absolute Gasteiger partial charge is 0.397 e. The zero-order valence-corrected chi connectivity index (χ0v) is 11.8. The number of nitrogens with zero attached hydrogens (tertiary/aromatic N) is 1. The van der Waals surface area contributed by atoms with Crippen molar-refractivity contribution in [3.8, 4) is 0 Å². The van der Waals surface area contributed by atoms with Crippen molar-refractivity contribution in [2.75, 3.05) is 29.7 Å². The second kappa shape index (κ2) is 6.15. The van der Waals surface area contributed by atoms with E-state index in [0.29, 0.717) is 17.3 Å². The van der Waals surface area contributed by atoms with Gasteiger partial charge in [-0.05, 0) is 37.3 Å². The first kappa shape index (κ1) is 14.2.